The van der Waals surface area contributed by atoms with E-state index >= 15 is 0 Å². The van der Waals surface area contributed by atoms with E-state index in [0.717, 1.165) is 37.5 Å². The summed E-state index contributed by atoms with van der Waals surface area (Å²) in [5.41, 5.74) is 0.726. The molecule has 1 saturated heterocycles. The highest BCUT2D eigenvalue weighted by Crippen LogP contribution is 2.24. The van der Waals surface area contributed by atoms with Crippen molar-refractivity contribution in [2.75, 3.05) is 25.5 Å². The van der Waals surface area contributed by atoms with Crippen LogP contribution >= 0.6 is 0 Å². The van der Waals surface area contributed by atoms with Crippen molar-refractivity contribution in [2.24, 2.45) is 5.92 Å². The topological polar surface area (TPSA) is 41.6 Å². The maximum Gasteiger partial charge on any atom is 0.321 e. The Balaban J connectivity index is 1.98. The minimum absolute atomic E-state index is 0.0357. The quantitative estimate of drug-likeness (QED) is 0.874. The van der Waals surface area contributed by atoms with Crippen LogP contribution in [-0.2, 0) is 0 Å². The lowest BCUT2D eigenvalue weighted by molar-refractivity contribution is 0.186. The van der Waals surface area contributed by atoms with Gasteiger partial charge in [-0.1, -0.05) is 19.1 Å². The molecule has 0 spiro atoms. The van der Waals surface area contributed by atoms with E-state index in [1.165, 1.54) is 0 Å². The number of nitrogens with zero attached hydrogens (tertiary/aromatic N) is 1. The number of hydrogen-bond donors (Lipinski definition) is 1. The van der Waals surface area contributed by atoms with Crippen LogP contribution in [0, 0.1) is 5.92 Å². The third-order valence-electron chi connectivity index (χ3n) is 3.42. The molecule has 2 rings (SSSR count). The maximum atomic E-state index is 12.1. The molecular weight excluding hydrogens is 228 g/mol. The summed E-state index contributed by atoms with van der Waals surface area (Å²) in [7, 11) is 1.60. The number of ether oxygens (including phenoxy) is 1. The lowest BCUT2D eigenvalue weighted by Gasteiger charge is -2.30. The third kappa shape index (κ3) is 2.94. The number of anilines is 1. The van der Waals surface area contributed by atoms with Crippen LogP contribution in [0.4, 0.5) is 10.5 Å². The summed E-state index contributed by atoms with van der Waals surface area (Å²) in [6.07, 6.45) is 2.17. The number of urea groups is 1. The van der Waals surface area contributed by atoms with Gasteiger partial charge >= 0.3 is 6.03 Å². The molecule has 0 bridgehead atoms. The number of amides is 2. The summed E-state index contributed by atoms with van der Waals surface area (Å²) >= 11 is 0. The minimum atomic E-state index is -0.0357. The second kappa shape index (κ2) is 5.76. The fourth-order valence-electron chi connectivity index (χ4n) is 2.15. The van der Waals surface area contributed by atoms with Crippen LogP contribution in [0.5, 0.6) is 5.75 Å². The molecule has 2 amide bonds. The molecule has 1 fully saturated rings. The van der Waals surface area contributed by atoms with Gasteiger partial charge in [-0.05, 0) is 30.9 Å². The first-order valence-corrected chi connectivity index (χ1v) is 6.39. The van der Waals surface area contributed by atoms with Crippen molar-refractivity contribution in [3.63, 3.8) is 0 Å². The molecule has 0 unspecified atom stereocenters. The van der Waals surface area contributed by atoms with E-state index in [4.69, 9.17) is 4.74 Å². The molecule has 1 aromatic rings. The molecule has 18 heavy (non-hydrogen) atoms. The standard InChI is InChI=1S/C14H20N2O2/c1-11-7-9-16(10-8-11)14(17)15-12-5-3-4-6-13(12)18-2/h3-6,11H,7-10H2,1-2H3,(H,15,17). The predicted octanol–water partition coefficient (Wildman–Crippen LogP) is 2.96. The van der Waals surface area contributed by atoms with Gasteiger partial charge in [-0.15, -0.1) is 0 Å². The average Bonchev–Trinajstić information content (AvgIpc) is 2.40. The maximum absolute atomic E-state index is 12.1. The van der Waals surface area contributed by atoms with Crippen molar-refractivity contribution in [1.82, 2.24) is 4.90 Å². The third-order valence-corrected chi connectivity index (χ3v) is 3.42. The number of methoxy groups -OCH3 is 1. The van der Waals surface area contributed by atoms with Crippen LogP contribution in [0.3, 0.4) is 0 Å². The molecule has 0 saturated carbocycles. The van der Waals surface area contributed by atoms with E-state index in [1.807, 2.05) is 29.2 Å². The first-order chi connectivity index (χ1) is 8.70. The van der Waals surface area contributed by atoms with Crippen molar-refractivity contribution in [3.8, 4) is 5.75 Å². The van der Waals surface area contributed by atoms with Gasteiger partial charge in [0, 0.05) is 13.1 Å². The Bertz CT molecular complexity index is 412. The van der Waals surface area contributed by atoms with Crippen LogP contribution in [0.15, 0.2) is 24.3 Å². The van der Waals surface area contributed by atoms with E-state index in [2.05, 4.69) is 12.2 Å². The Labute approximate surface area is 108 Å². The fourth-order valence-corrected chi connectivity index (χ4v) is 2.15. The predicted molar refractivity (Wildman–Crippen MR) is 72.0 cm³/mol. The molecule has 1 aliphatic heterocycles. The number of likely N-dealkylation sites (tertiary alicyclic amines) is 1. The summed E-state index contributed by atoms with van der Waals surface area (Å²) in [5.74, 6) is 1.41. The summed E-state index contributed by atoms with van der Waals surface area (Å²) in [6.45, 7) is 3.90. The average molecular weight is 248 g/mol. The van der Waals surface area contributed by atoms with Crippen molar-refractivity contribution >= 4 is 11.7 Å². The monoisotopic (exact) mass is 248 g/mol. The van der Waals surface area contributed by atoms with Gasteiger partial charge < -0.3 is 15.0 Å². The molecule has 1 aliphatic rings. The van der Waals surface area contributed by atoms with Crippen LogP contribution in [0.2, 0.25) is 0 Å². The van der Waals surface area contributed by atoms with Gasteiger partial charge in [-0.2, -0.15) is 0 Å². The van der Waals surface area contributed by atoms with Crippen LogP contribution in [-0.4, -0.2) is 31.1 Å². The van der Waals surface area contributed by atoms with Gasteiger partial charge in [-0.25, -0.2) is 4.79 Å². The van der Waals surface area contributed by atoms with E-state index in [-0.39, 0.29) is 6.03 Å². The zero-order valence-corrected chi connectivity index (χ0v) is 11.0. The second-order valence-corrected chi connectivity index (χ2v) is 4.80. The molecule has 0 aliphatic carbocycles. The first kappa shape index (κ1) is 12.7. The van der Waals surface area contributed by atoms with E-state index in [9.17, 15) is 4.79 Å². The van der Waals surface area contributed by atoms with Crippen molar-refractivity contribution in [1.29, 1.82) is 0 Å². The Morgan fingerprint density at radius 2 is 2.00 bits per heavy atom. The van der Waals surface area contributed by atoms with Gasteiger partial charge in [0.05, 0.1) is 12.8 Å². The Morgan fingerprint density at radius 3 is 2.67 bits per heavy atom. The number of nitrogens with one attached hydrogen (secondary N) is 1. The Morgan fingerprint density at radius 1 is 1.33 bits per heavy atom. The SMILES string of the molecule is COc1ccccc1NC(=O)N1CCC(C)CC1. The van der Waals surface area contributed by atoms with Crippen LogP contribution in [0.1, 0.15) is 19.8 Å². The highest BCUT2D eigenvalue weighted by Gasteiger charge is 2.20. The largest absolute Gasteiger partial charge is 0.495 e. The molecule has 4 nitrogen and oxygen atoms in total. The minimum Gasteiger partial charge on any atom is -0.495 e. The Kier molecular flexibility index (Phi) is 4.07. The van der Waals surface area contributed by atoms with Crippen LogP contribution in [0.25, 0.3) is 0 Å². The lowest BCUT2D eigenvalue weighted by atomic mass is 10.00. The number of carbonyl (C=O) groups excluding carboxylic acids is 1. The molecule has 0 atom stereocenters. The van der Waals surface area contributed by atoms with Crippen molar-refractivity contribution in [2.45, 2.75) is 19.8 Å². The Hall–Kier alpha value is -1.71. The molecule has 98 valence electrons. The van der Waals surface area contributed by atoms with Crippen LogP contribution < -0.4 is 10.1 Å². The zero-order valence-electron chi connectivity index (χ0n) is 11.0. The van der Waals surface area contributed by atoms with E-state index in [0.29, 0.717) is 5.75 Å². The molecule has 0 aromatic heterocycles. The van der Waals surface area contributed by atoms with Crippen molar-refractivity contribution < 1.29 is 9.53 Å². The molecule has 4 heteroatoms. The first-order valence-electron chi connectivity index (χ1n) is 6.39. The van der Waals surface area contributed by atoms with Gasteiger partial charge in [0.1, 0.15) is 5.75 Å². The van der Waals surface area contributed by atoms with Gasteiger partial charge in [-0.3, -0.25) is 0 Å². The number of carbonyl (C=O) groups is 1. The summed E-state index contributed by atoms with van der Waals surface area (Å²) in [5, 5.41) is 2.91. The molecule has 1 heterocycles. The van der Waals surface area contributed by atoms with E-state index < -0.39 is 0 Å². The van der Waals surface area contributed by atoms with Crippen molar-refractivity contribution in [3.05, 3.63) is 24.3 Å². The van der Waals surface area contributed by atoms with Gasteiger partial charge in [0.15, 0.2) is 0 Å². The zero-order chi connectivity index (χ0) is 13.0. The fraction of sp³-hybridized carbons (Fsp3) is 0.500. The molecule has 1 N–H and O–H groups in total. The summed E-state index contributed by atoms with van der Waals surface area (Å²) in [6, 6.07) is 7.43. The van der Waals surface area contributed by atoms with Gasteiger partial charge in [0.2, 0.25) is 0 Å². The molecule has 1 aromatic carbocycles. The summed E-state index contributed by atoms with van der Waals surface area (Å²) in [4.78, 5) is 14.0. The highest BCUT2D eigenvalue weighted by molar-refractivity contribution is 5.91. The summed E-state index contributed by atoms with van der Waals surface area (Å²) < 4.78 is 5.22. The number of para-hydroxylation sites is 2. The number of hydrogen-bond acceptors (Lipinski definition) is 2. The molecule has 0 radical (unpaired) electrons. The van der Waals surface area contributed by atoms with E-state index in [1.54, 1.807) is 7.11 Å². The number of rotatable bonds is 2. The second-order valence-electron chi connectivity index (χ2n) is 4.80. The number of benzene rings is 1. The smallest absolute Gasteiger partial charge is 0.321 e. The normalized spacial score (nSPS) is 16.4. The van der Waals surface area contributed by atoms with Gasteiger partial charge in [0.25, 0.3) is 0 Å². The lowest BCUT2D eigenvalue weighted by Crippen LogP contribution is -2.40. The highest BCUT2D eigenvalue weighted by atomic mass is 16.5. The number of piperidine rings is 1. The molecular formula is C14H20N2O2.